The van der Waals surface area contributed by atoms with Gasteiger partial charge in [0.15, 0.2) is 6.10 Å². The molecule has 0 aliphatic heterocycles. The first-order valence-corrected chi connectivity index (χ1v) is 28.5. The van der Waals surface area contributed by atoms with Crippen molar-refractivity contribution in [3.63, 3.8) is 0 Å². The van der Waals surface area contributed by atoms with E-state index in [-0.39, 0.29) is 19.3 Å². The number of carbonyl (C=O) groups is 3. The molecule has 3 atom stereocenters. The predicted molar refractivity (Wildman–Crippen MR) is 306 cm³/mol. The average molecular weight is 1050 g/mol. The zero-order valence-electron chi connectivity index (χ0n) is 45.2. The largest absolute Gasteiger partial charge is 0.472 e. The first-order chi connectivity index (χ1) is 36.2. The molecule has 0 aromatic carbocycles. The molecule has 0 saturated carbocycles. The van der Waals surface area contributed by atoms with E-state index in [1.165, 1.54) is 0 Å². The van der Waals surface area contributed by atoms with Gasteiger partial charge in [0.2, 0.25) is 0 Å². The van der Waals surface area contributed by atoms with Gasteiger partial charge in [-0.25, -0.2) is 4.57 Å². The molecule has 0 amide bonds. The summed E-state index contributed by atoms with van der Waals surface area (Å²) in [5.41, 5.74) is 0. The molecule has 11 nitrogen and oxygen atoms in total. The van der Waals surface area contributed by atoms with E-state index >= 15 is 0 Å². The third-order valence-corrected chi connectivity index (χ3v) is 11.1. The van der Waals surface area contributed by atoms with Crippen molar-refractivity contribution in [2.45, 2.75) is 174 Å². The summed E-state index contributed by atoms with van der Waals surface area (Å²) in [6.45, 7) is 4.03. The normalized spacial score (nSPS) is 14.7. The Kier molecular flexibility index (Phi) is 50.3. The Morgan fingerprint density at radius 1 is 0.392 bits per heavy atom. The van der Waals surface area contributed by atoms with Crippen LogP contribution in [0.15, 0.2) is 170 Å². The summed E-state index contributed by atoms with van der Waals surface area (Å²) in [7, 11) is -4.81. The molecule has 0 rings (SSSR count). The van der Waals surface area contributed by atoms with Crippen LogP contribution in [0.1, 0.15) is 162 Å². The lowest BCUT2D eigenvalue weighted by Gasteiger charge is -2.21. The van der Waals surface area contributed by atoms with Gasteiger partial charge in [0, 0.05) is 12.8 Å². The van der Waals surface area contributed by atoms with Crippen LogP contribution in [-0.4, -0.2) is 66.5 Å². The molecule has 0 aliphatic carbocycles. The fraction of sp³-hybridized carbons (Fsp3) is 0.500. The molecule has 0 radical (unpaired) electrons. The summed E-state index contributed by atoms with van der Waals surface area (Å²) in [5, 5.41) is 9.78. The van der Waals surface area contributed by atoms with Crippen LogP contribution in [0, 0.1) is 0 Å². The number of aliphatic hydroxyl groups is 1. The molecule has 412 valence electrons. The monoisotopic (exact) mass is 1040 g/mol. The molecule has 2 N–H and O–H groups in total. The molecular formula is C62H93O11P. The highest BCUT2D eigenvalue weighted by Gasteiger charge is 2.28. The summed E-state index contributed by atoms with van der Waals surface area (Å²) in [6, 6.07) is 0. The fourth-order valence-corrected chi connectivity index (χ4v) is 6.95. The van der Waals surface area contributed by atoms with Crippen molar-refractivity contribution in [3.8, 4) is 0 Å². The maximum atomic E-state index is 12.9. The summed E-state index contributed by atoms with van der Waals surface area (Å²) < 4.78 is 39.2. The zero-order valence-corrected chi connectivity index (χ0v) is 46.1. The van der Waals surface area contributed by atoms with Crippen LogP contribution in [0.3, 0.4) is 0 Å². The first-order valence-electron chi connectivity index (χ1n) is 27.0. The van der Waals surface area contributed by atoms with E-state index in [9.17, 15) is 28.9 Å². The molecule has 12 heteroatoms. The first kappa shape index (κ1) is 68.8. The minimum atomic E-state index is -4.81. The standard InChI is InChI=1S/C62H93O11P/c1-4-7-10-13-16-19-22-25-28-29-32-35-38-41-44-47-50-53-62(66)73-59(55-69-60(64)51-48-45-42-39-36-33-30-26-23-20-17-14-11-8-5-2)57-71-74(67,68)70-56-58(54-63)72-61(65)52-49-46-43-40-37-34-31-27-24-21-18-15-12-9-6-3/h7-12,16-21,25-28,30-32,35-37,39-41,44,46,49,58-59,63H,4-6,13-15,22-24,29,33-34,38,42-43,45,47-48,50-57H2,1-3H3,(H,67,68)/b10-7-,11-8-,12-9-,19-16-,20-17-,21-18-,28-25-,30-26-,31-27-,35-32-,39-36-,40-37-,44-41-,49-46-. The van der Waals surface area contributed by atoms with Crippen LogP contribution in [0.2, 0.25) is 0 Å². The number of rotatable bonds is 47. The lowest BCUT2D eigenvalue weighted by Crippen LogP contribution is -2.30. The lowest BCUT2D eigenvalue weighted by molar-refractivity contribution is -0.161. The van der Waals surface area contributed by atoms with Gasteiger partial charge >= 0.3 is 25.7 Å². The van der Waals surface area contributed by atoms with E-state index in [4.69, 9.17) is 23.3 Å². The molecule has 0 aromatic rings. The summed E-state index contributed by atoms with van der Waals surface area (Å²) in [6.07, 6.45) is 72.2. The quantitative estimate of drug-likeness (QED) is 0.0197. The van der Waals surface area contributed by atoms with Gasteiger partial charge in [-0.2, -0.15) is 0 Å². The van der Waals surface area contributed by atoms with Crippen molar-refractivity contribution < 1.29 is 52.2 Å². The lowest BCUT2D eigenvalue weighted by atomic mass is 10.2. The Hall–Kier alpha value is -5.16. The summed E-state index contributed by atoms with van der Waals surface area (Å²) >= 11 is 0. The second-order valence-corrected chi connectivity index (χ2v) is 18.4. The Morgan fingerprint density at radius 2 is 0.716 bits per heavy atom. The van der Waals surface area contributed by atoms with Gasteiger partial charge in [0.25, 0.3) is 0 Å². The molecule has 0 fully saturated rings. The van der Waals surface area contributed by atoms with E-state index in [0.29, 0.717) is 25.7 Å². The van der Waals surface area contributed by atoms with E-state index in [2.05, 4.69) is 154 Å². The number of allylic oxidation sites excluding steroid dienone is 27. The van der Waals surface area contributed by atoms with Crippen LogP contribution < -0.4 is 0 Å². The van der Waals surface area contributed by atoms with Crippen LogP contribution in [0.25, 0.3) is 0 Å². The molecule has 0 heterocycles. The highest BCUT2D eigenvalue weighted by Crippen LogP contribution is 2.43. The summed E-state index contributed by atoms with van der Waals surface area (Å²) in [4.78, 5) is 48.4. The number of carbonyl (C=O) groups excluding carboxylic acids is 3. The number of esters is 3. The number of phosphoric acid groups is 1. The highest BCUT2D eigenvalue weighted by molar-refractivity contribution is 7.47. The number of phosphoric ester groups is 1. The molecule has 0 aliphatic rings. The smallest absolute Gasteiger partial charge is 0.462 e. The maximum absolute atomic E-state index is 12.9. The van der Waals surface area contributed by atoms with Crippen LogP contribution in [-0.2, 0) is 42.2 Å². The van der Waals surface area contributed by atoms with Crippen LogP contribution in [0.4, 0.5) is 0 Å². The third kappa shape index (κ3) is 51.7. The van der Waals surface area contributed by atoms with Gasteiger partial charge in [-0.3, -0.25) is 23.4 Å². The topological polar surface area (TPSA) is 155 Å². The molecule has 74 heavy (non-hydrogen) atoms. The summed E-state index contributed by atoms with van der Waals surface area (Å²) in [5.74, 6) is -1.75. The molecule has 0 aromatic heterocycles. The van der Waals surface area contributed by atoms with Gasteiger partial charge in [-0.05, 0) is 122 Å². The van der Waals surface area contributed by atoms with Gasteiger partial charge < -0.3 is 24.2 Å². The number of hydrogen-bond donors (Lipinski definition) is 2. The molecule has 3 unspecified atom stereocenters. The SMILES string of the molecule is CC/C=C\C/C=C\C/C=C\C/C=C\C/C=C\CCCC(=O)OC(COC(=O)CCCC/C=C\C/C=C\C/C=C\C/C=C\CC)COP(=O)(O)OCC(CO)OC(=O)C/C=C\C/C=C\C/C=C\C/C=C\C/C=C\CC. The van der Waals surface area contributed by atoms with Crippen molar-refractivity contribution in [1.29, 1.82) is 0 Å². The minimum absolute atomic E-state index is 0.0620. The number of unbranched alkanes of at least 4 members (excludes halogenated alkanes) is 3. The minimum Gasteiger partial charge on any atom is -0.462 e. The van der Waals surface area contributed by atoms with Crippen molar-refractivity contribution in [2.24, 2.45) is 0 Å². The molecule has 0 bridgehead atoms. The van der Waals surface area contributed by atoms with Gasteiger partial charge in [-0.1, -0.05) is 191 Å². The molecule has 0 spiro atoms. The fourth-order valence-electron chi connectivity index (χ4n) is 6.16. The van der Waals surface area contributed by atoms with Crippen LogP contribution in [0.5, 0.6) is 0 Å². The van der Waals surface area contributed by atoms with E-state index in [0.717, 1.165) is 96.3 Å². The third-order valence-electron chi connectivity index (χ3n) is 10.1. The van der Waals surface area contributed by atoms with E-state index in [1.807, 2.05) is 30.4 Å². The molecule has 0 saturated heterocycles. The molecular weight excluding hydrogens is 952 g/mol. The maximum Gasteiger partial charge on any atom is 0.472 e. The van der Waals surface area contributed by atoms with Crippen LogP contribution >= 0.6 is 7.82 Å². The Balaban J connectivity index is 5.00. The second kappa shape index (κ2) is 54.1. The Labute approximate surface area is 447 Å². The Morgan fingerprint density at radius 3 is 1.11 bits per heavy atom. The van der Waals surface area contributed by atoms with Crippen molar-refractivity contribution in [2.75, 3.05) is 26.4 Å². The predicted octanol–water partition coefficient (Wildman–Crippen LogP) is 15.9. The number of hydrogen-bond acceptors (Lipinski definition) is 10. The highest BCUT2D eigenvalue weighted by atomic mass is 31.2. The van der Waals surface area contributed by atoms with Gasteiger partial charge in [-0.15, -0.1) is 0 Å². The number of aliphatic hydroxyl groups excluding tert-OH is 1. The van der Waals surface area contributed by atoms with Crippen molar-refractivity contribution in [3.05, 3.63) is 170 Å². The number of ether oxygens (including phenoxy) is 3. The van der Waals surface area contributed by atoms with E-state index < -0.39 is 64.4 Å². The van der Waals surface area contributed by atoms with Crippen molar-refractivity contribution >= 4 is 25.7 Å². The zero-order chi connectivity index (χ0) is 54.1. The van der Waals surface area contributed by atoms with Crippen molar-refractivity contribution in [1.82, 2.24) is 0 Å². The van der Waals surface area contributed by atoms with Gasteiger partial charge in [0.05, 0.1) is 26.2 Å². The Bertz CT molecular complexity index is 1890. The van der Waals surface area contributed by atoms with E-state index in [1.54, 1.807) is 6.08 Å². The average Bonchev–Trinajstić information content (AvgIpc) is 3.39. The van der Waals surface area contributed by atoms with Gasteiger partial charge in [0.1, 0.15) is 12.7 Å². The second-order valence-electron chi connectivity index (χ2n) is 16.9.